The van der Waals surface area contributed by atoms with Crippen molar-refractivity contribution in [3.63, 3.8) is 0 Å². The summed E-state index contributed by atoms with van der Waals surface area (Å²) in [6.07, 6.45) is 3.87. The fraction of sp³-hybridized carbons (Fsp3) is 0.562. The summed E-state index contributed by atoms with van der Waals surface area (Å²) >= 11 is 0. The van der Waals surface area contributed by atoms with E-state index in [9.17, 15) is 0 Å². The third-order valence-electron chi connectivity index (χ3n) is 3.73. The topological polar surface area (TPSA) is 44.0 Å². The summed E-state index contributed by atoms with van der Waals surface area (Å²) in [5.41, 5.74) is 2.25. The van der Waals surface area contributed by atoms with E-state index in [1.807, 2.05) is 18.5 Å². The zero-order valence-corrected chi connectivity index (χ0v) is 13.0. The minimum atomic E-state index is 0.592. The minimum absolute atomic E-state index is 0.592. The van der Waals surface area contributed by atoms with E-state index in [2.05, 4.69) is 53.9 Å². The first-order chi connectivity index (χ1) is 9.59. The number of H-pyrrole nitrogens is 1. The van der Waals surface area contributed by atoms with Crippen LogP contribution in [0.2, 0.25) is 0 Å². The van der Waals surface area contributed by atoms with Gasteiger partial charge < -0.3 is 10.3 Å². The predicted octanol–water partition coefficient (Wildman–Crippen LogP) is 2.77. The molecule has 4 nitrogen and oxygen atoms in total. The Kier molecular flexibility index (Phi) is 5.15. The van der Waals surface area contributed by atoms with Crippen molar-refractivity contribution >= 4 is 11.0 Å². The molecule has 2 heterocycles. The van der Waals surface area contributed by atoms with Gasteiger partial charge in [-0.1, -0.05) is 0 Å². The Morgan fingerprint density at radius 3 is 2.70 bits per heavy atom. The molecule has 0 bridgehead atoms. The van der Waals surface area contributed by atoms with E-state index < -0.39 is 0 Å². The molecule has 0 saturated carbocycles. The molecule has 0 aromatic carbocycles. The number of nitrogens with one attached hydrogen (secondary N) is 2. The molecule has 0 aliphatic carbocycles. The first kappa shape index (κ1) is 15.0. The van der Waals surface area contributed by atoms with Crippen LogP contribution in [0, 0.1) is 0 Å². The van der Waals surface area contributed by atoms with Gasteiger partial charge in [0.2, 0.25) is 0 Å². The van der Waals surface area contributed by atoms with Crippen molar-refractivity contribution in [2.24, 2.45) is 0 Å². The Morgan fingerprint density at radius 1 is 1.25 bits per heavy atom. The van der Waals surface area contributed by atoms with Crippen LogP contribution in [-0.4, -0.2) is 40.0 Å². The number of fused-ring (bicyclic) bond motifs is 1. The normalized spacial score (nSPS) is 12.2. The van der Waals surface area contributed by atoms with Crippen LogP contribution in [0.15, 0.2) is 24.5 Å². The largest absolute Gasteiger partial charge is 0.346 e. The molecule has 2 N–H and O–H groups in total. The van der Waals surface area contributed by atoms with Gasteiger partial charge in [-0.2, -0.15) is 0 Å². The number of aromatic amines is 1. The van der Waals surface area contributed by atoms with E-state index in [0.717, 1.165) is 25.3 Å². The molecule has 4 heteroatoms. The maximum Gasteiger partial charge on any atom is 0.137 e. The van der Waals surface area contributed by atoms with E-state index in [0.29, 0.717) is 12.1 Å². The second kappa shape index (κ2) is 6.86. The number of hydrogen-bond donors (Lipinski definition) is 2. The van der Waals surface area contributed by atoms with Crippen LogP contribution in [0.4, 0.5) is 0 Å². The quantitative estimate of drug-likeness (QED) is 0.763. The van der Waals surface area contributed by atoms with Crippen LogP contribution in [0.3, 0.4) is 0 Å². The number of hydrogen-bond acceptors (Lipinski definition) is 3. The lowest BCUT2D eigenvalue weighted by Gasteiger charge is -2.30. The van der Waals surface area contributed by atoms with Gasteiger partial charge in [-0.3, -0.25) is 4.90 Å². The zero-order valence-electron chi connectivity index (χ0n) is 13.0. The van der Waals surface area contributed by atoms with E-state index in [1.54, 1.807) is 0 Å². The molecule has 0 amide bonds. The molecule has 0 unspecified atom stereocenters. The van der Waals surface area contributed by atoms with Gasteiger partial charge >= 0.3 is 0 Å². The number of nitrogens with zero attached hydrogens (tertiary/aromatic N) is 2. The van der Waals surface area contributed by atoms with Gasteiger partial charge in [-0.25, -0.2) is 4.98 Å². The molecule has 110 valence electrons. The fourth-order valence-electron chi connectivity index (χ4n) is 2.70. The van der Waals surface area contributed by atoms with Gasteiger partial charge in [0.05, 0.1) is 0 Å². The molecule has 2 rings (SSSR count). The molecular weight excluding hydrogens is 248 g/mol. The molecular formula is C16H26N4. The molecule has 20 heavy (non-hydrogen) atoms. The van der Waals surface area contributed by atoms with Crippen LogP contribution in [0.25, 0.3) is 11.0 Å². The van der Waals surface area contributed by atoms with E-state index in [4.69, 9.17) is 0 Å². The van der Waals surface area contributed by atoms with Crippen molar-refractivity contribution in [2.45, 2.75) is 46.3 Å². The maximum atomic E-state index is 4.31. The molecule has 0 radical (unpaired) electrons. The standard InChI is InChI=1S/C16H26N4/c1-12(2)20(13(3)4)9-8-17-10-14-11-19-16-15(14)6-5-7-18-16/h5-7,11-13,17H,8-10H2,1-4H3,(H,18,19). The highest BCUT2D eigenvalue weighted by Crippen LogP contribution is 2.15. The highest BCUT2D eigenvalue weighted by Gasteiger charge is 2.12. The Morgan fingerprint density at radius 2 is 2.00 bits per heavy atom. The number of pyridine rings is 1. The summed E-state index contributed by atoms with van der Waals surface area (Å²) in [5.74, 6) is 0. The van der Waals surface area contributed by atoms with Crippen molar-refractivity contribution in [3.8, 4) is 0 Å². The fourth-order valence-corrected chi connectivity index (χ4v) is 2.70. The molecule has 0 atom stereocenters. The van der Waals surface area contributed by atoms with Crippen molar-refractivity contribution < 1.29 is 0 Å². The van der Waals surface area contributed by atoms with Crippen LogP contribution in [-0.2, 0) is 6.54 Å². The maximum absolute atomic E-state index is 4.31. The van der Waals surface area contributed by atoms with Gasteiger partial charge in [0.15, 0.2) is 0 Å². The van der Waals surface area contributed by atoms with Crippen LogP contribution in [0.5, 0.6) is 0 Å². The van der Waals surface area contributed by atoms with Crippen molar-refractivity contribution in [3.05, 3.63) is 30.1 Å². The van der Waals surface area contributed by atoms with Gasteiger partial charge in [-0.15, -0.1) is 0 Å². The molecule has 0 saturated heterocycles. The summed E-state index contributed by atoms with van der Waals surface area (Å²) in [6.45, 7) is 12.0. The monoisotopic (exact) mass is 274 g/mol. The Balaban J connectivity index is 1.84. The highest BCUT2D eigenvalue weighted by molar-refractivity contribution is 5.79. The SMILES string of the molecule is CC(C)N(CCNCc1c[nH]c2ncccc12)C(C)C. The smallest absolute Gasteiger partial charge is 0.137 e. The number of rotatable bonds is 7. The summed E-state index contributed by atoms with van der Waals surface area (Å²) in [6, 6.07) is 5.28. The lowest BCUT2D eigenvalue weighted by Crippen LogP contribution is -2.41. The minimum Gasteiger partial charge on any atom is -0.346 e. The summed E-state index contributed by atoms with van der Waals surface area (Å²) in [7, 11) is 0. The first-order valence-electron chi connectivity index (χ1n) is 7.47. The van der Waals surface area contributed by atoms with Crippen LogP contribution < -0.4 is 5.32 Å². The van der Waals surface area contributed by atoms with Gasteiger partial charge in [0.1, 0.15) is 5.65 Å². The van der Waals surface area contributed by atoms with Crippen LogP contribution in [0.1, 0.15) is 33.3 Å². The Hall–Kier alpha value is -1.39. The average molecular weight is 274 g/mol. The van der Waals surface area contributed by atoms with Crippen molar-refractivity contribution in [2.75, 3.05) is 13.1 Å². The summed E-state index contributed by atoms with van der Waals surface area (Å²) in [4.78, 5) is 10.0. The lowest BCUT2D eigenvalue weighted by molar-refractivity contribution is 0.176. The lowest BCUT2D eigenvalue weighted by atomic mass is 10.2. The van der Waals surface area contributed by atoms with Gasteiger partial charge in [-0.05, 0) is 45.4 Å². The van der Waals surface area contributed by atoms with E-state index >= 15 is 0 Å². The predicted molar refractivity (Wildman–Crippen MR) is 84.8 cm³/mol. The third-order valence-corrected chi connectivity index (χ3v) is 3.73. The molecule has 2 aromatic rings. The summed E-state index contributed by atoms with van der Waals surface area (Å²) < 4.78 is 0. The van der Waals surface area contributed by atoms with Gasteiger partial charge in [0, 0.05) is 49.5 Å². The highest BCUT2D eigenvalue weighted by atomic mass is 15.2. The second-order valence-electron chi connectivity index (χ2n) is 5.82. The zero-order chi connectivity index (χ0) is 14.5. The molecule has 0 aliphatic rings. The molecule has 0 spiro atoms. The van der Waals surface area contributed by atoms with E-state index in [-0.39, 0.29) is 0 Å². The molecule has 0 fully saturated rings. The number of aromatic nitrogens is 2. The summed E-state index contributed by atoms with van der Waals surface area (Å²) in [5, 5.41) is 4.74. The van der Waals surface area contributed by atoms with Crippen molar-refractivity contribution in [1.29, 1.82) is 0 Å². The molecule has 2 aromatic heterocycles. The van der Waals surface area contributed by atoms with Crippen molar-refractivity contribution in [1.82, 2.24) is 20.2 Å². The third kappa shape index (κ3) is 3.58. The van der Waals surface area contributed by atoms with Gasteiger partial charge in [0.25, 0.3) is 0 Å². The van der Waals surface area contributed by atoms with E-state index in [1.165, 1.54) is 10.9 Å². The average Bonchev–Trinajstić information content (AvgIpc) is 2.81. The Labute approximate surface area is 121 Å². The second-order valence-corrected chi connectivity index (χ2v) is 5.82. The Bertz CT molecular complexity index is 522. The van der Waals surface area contributed by atoms with Crippen LogP contribution >= 0.6 is 0 Å². The first-order valence-corrected chi connectivity index (χ1v) is 7.47. The molecule has 0 aliphatic heterocycles.